The van der Waals surface area contributed by atoms with Gasteiger partial charge in [-0.1, -0.05) is 6.07 Å². The number of aromatic carboxylic acids is 1. The first-order valence-electron chi connectivity index (χ1n) is 5.79. The molecule has 0 aliphatic heterocycles. The minimum Gasteiger partial charge on any atom is -0.478 e. The third-order valence-corrected chi connectivity index (χ3v) is 2.80. The number of hydrogen-bond donors (Lipinski definition) is 2. The Morgan fingerprint density at radius 3 is 2.19 bits per heavy atom. The van der Waals surface area contributed by atoms with Crippen LogP contribution in [0.4, 0.5) is 23.2 Å². The van der Waals surface area contributed by atoms with Crippen LogP contribution in [0, 0.1) is 23.3 Å². The molecule has 0 saturated carbocycles. The van der Waals surface area contributed by atoms with Gasteiger partial charge in [-0.25, -0.2) is 22.4 Å². The lowest BCUT2D eigenvalue weighted by Crippen LogP contribution is -2.08. The van der Waals surface area contributed by atoms with Crippen molar-refractivity contribution in [1.29, 1.82) is 0 Å². The number of halogens is 4. The van der Waals surface area contributed by atoms with Gasteiger partial charge in [0.15, 0.2) is 0 Å². The molecule has 2 aromatic carbocycles. The maximum atomic E-state index is 13.5. The van der Waals surface area contributed by atoms with E-state index in [1.54, 1.807) is 0 Å². The minimum absolute atomic E-state index is 0.335. The van der Waals surface area contributed by atoms with E-state index in [4.69, 9.17) is 5.11 Å². The summed E-state index contributed by atoms with van der Waals surface area (Å²) in [6, 6.07) is 4.36. The molecule has 0 saturated heterocycles. The van der Waals surface area contributed by atoms with E-state index in [-0.39, 0.29) is 11.3 Å². The van der Waals surface area contributed by atoms with Crippen LogP contribution < -0.4 is 5.32 Å². The fourth-order valence-electron chi connectivity index (χ4n) is 1.73. The van der Waals surface area contributed by atoms with Gasteiger partial charge < -0.3 is 10.4 Å². The van der Waals surface area contributed by atoms with E-state index in [1.165, 1.54) is 6.07 Å². The molecule has 110 valence electrons. The number of hydrogen-bond acceptors (Lipinski definition) is 2. The lowest BCUT2D eigenvalue weighted by atomic mass is 10.1. The molecule has 0 aliphatic rings. The summed E-state index contributed by atoms with van der Waals surface area (Å²) in [5.74, 6) is -5.53. The summed E-state index contributed by atoms with van der Waals surface area (Å²) in [6.45, 7) is -0.417. The maximum Gasteiger partial charge on any atom is 0.338 e. The summed E-state index contributed by atoms with van der Waals surface area (Å²) in [5, 5.41) is 11.1. The summed E-state index contributed by atoms with van der Waals surface area (Å²) in [7, 11) is 0. The summed E-state index contributed by atoms with van der Waals surface area (Å²) in [6.07, 6.45) is 0. The zero-order valence-corrected chi connectivity index (χ0v) is 10.5. The van der Waals surface area contributed by atoms with Crippen LogP contribution in [0.1, 0.15) is 15.9 Å². The van der Waals surface area contributed by atoms with Crippen molar-refractivity contribution >= 4 is 11.7 Å². The van der Waals surface area contributed by atoms with Crippen molar-refractivity contribution in [2.45, 2.75) is 6.54 Å². The predicted molar refractivity (Wildman–Crippen MR) is 67.0 cm³/mol. The van der Waals surface area contributed by atoms with E-state index in [2.05, 4.69) is 5.32 Å². The molecule has 0 fully saturated rings. The van der Waals surface area contributed by atoms with Gasteiger partial charge in [0.1, 0.15) is 23.3 Å². The van der Waals surface area contributed by atoms with E-state index in [0.29, 0.717) is 6.07 Å². The zero-order valence-electron chi connectivity index (χ0n) is 10.5. The van der Waals surface area contributed by atoms with Gasteiger partial charge in [-0.05, 0) is 18.2 Å². The molecule has 0 radical (unpaired) electrons. The quantitative estimate of drug-likeness (QED) is 0.849. The molecule has 2 rings (SSSR count). The molecule has 0 aromatic heterocycles. The first-order valence-corrected chi connectivity index (χ1v) is 5.79. The second-order valence-corrected chi connectivity index (χ2v) is 4.17. The van der Waals surface area contributed by atoms with Gasteiger partial charge >= 0.3 is 5.97 Å². The molecule has 0 unspecified atom stereocenters. The van der Waals surface area contributed by atoms with Gasteiger partial charge in [-0.2, -0.15) is 0 Å². The van der Waals surface area contributed by atoms with Crippen LogP contribution in [-0.4, -0.2) is 11.1 Å². The molecule has 21 heavy (non-hydrogen) atoms. The number of rotatable bonds is 4. The highest BCUT2D eigenvalue weighted by Gasteiger charge is 2.16. The van der Waals surface area contributed by atoms with E-state index in [9.17, 15) is 22.4 Å². The maximum absolute atomic E-state index is 13.5. The molecule has 7 heteroatoms. The molecule has 0 bridgehead atoms. The van der Waals surface area contributed by atoms with Gasteiger partial charge in [0.25, 0.3) is 0 Å². The largest absolute Gasteiger partial charge is 0.478 e. The molecule has 2 aromatic rings. The van der Waals surface area contributed by atoms with Crippen molar-refractivity contribution in [1.82, 2.24) is 0 Å². The van der Waals surface area contributed by atoms with Crippen LogP contribution in [-0.2, 0) is 6.54 Å². The number of benzene rings is 2. The summed E-state index contributed by atoms with van der Waals surface area (Å²) < 4.78 is 53.5. The summed E-state index contributed by atoms with van der Waals surface area (Å²) >= 11 is 0. The van der Waals surface area contributed by atoms with Gasteiger partial charge in [-0.15, -0.1) is 0 Å². The Labute approximate surface area is 116 Å². The average molecular weight is 299 g/mol. The van der Waals surface area contributed by atoms with Gasteiger partial charge in [0.2, 0.25) is 0 Å². The molecule has 2 N–H and O–H groups in total. The second kappa shape index (κ2) is 5.82. The average Bonchev–Trinajstić information content (AvgIpc) is 2.39. The Morgan fingerprint density at radius 1 is 1.00 bits per heavy atom. The highest BCUT2D eigenvalue weighted by molar-refractivity contribution is 5.89. The van der Waals surface area contributed by atoms with Crippen molar-refractivity contribution in [3.8, 4) is 0 Å². The lowest BCUT2D eigenvalue weighted by molar-refractivity contribution is 0.0692. The highest BCUT2D eigenvalue weighted by atomic mass is 19.1. The molecule has 0 spiro atoms. The standard InChI is InChI=1S/C14H9F4NO2/c15-9-2-1-3-10(16)8(9)6-19-13-4-7(14(20)21)11(17)5-12(13)18/h1-5,19H,6H2,(H,20,21). The van der Waals surface area contributed by atoms with Crippen molar-refractivity contribution in [3.05, 3.63) is 64.7 Å². The predicted octanol–water partition coefficient (Wildman–Crippen LogP) is 3.55. The zero-order chi connectivity index (χ0) is 15.6. The number of carboxylic acids is 1. The number of nitrogens with one attached hydrogen (secondary N) is 1. The fourth-order valence-corrected chi connectivity index (χ4v) is 1.73. The Hall–Kier alpha value is -2.57. The third kappa shape index (κ3) is 3.13. The van der Waals surface area contributed by atoms with Crippen LogP contribution in [0.25, 0.3) is 0 Å². The molecule has 0 aliphatic carbocycles. The van der Waals surface area contributed by atoms with Crippen molar-refractivity contribution in [2.75, 3.05) is 5.32 Å². The highest BCUT2D eigenvalue weighted by Crippen LogP contribution is 2.21. The van der Waals surface area contributed by atoms with Gasteiger partial charge in [0, 0.05) is 18.2 Å². The molecule has 3 nitrogen and oxygen atoms in total. The topological polar surface area (TPSA) is 49.3 Å². The fraction of sp³-hybridized carbons (Fsp3) is 0.0714. The van der Waals surface area contributed by atoms with Crippen molar-refractivity contribution in [2.24, 2.45) is 0 Å². The monoisotopic (exact) mass is 299 g/mol. The first kappa shape index (κ1) is 14.8. The molecule has 0 atom stereocenters. The van der Waals surface area contributed by atoms with E-state index >= 15 is 0 Å². The van der Waals surface area contributed by atoms with Crippen molar-refractivity contribution < 1.29 is 27.5 Å². The van der Waals surface area contributed by atoms with Crippen LogP contribution >= 0.6 is 0 Å². The van der Waals surface area contributed by atoms with Crippen molar-refractivity contribution in [3.63, 3.8) is 0 Å². The Kier molecular flexibility index (Phi) is 4.11. The SMILES string of the molecule is O=C(O)c1cc(NCc2c(F)cccc2F)c(F)cc1F. The number of anilines is 1. The van der Waals surface area contributed by atoms with Gasteiger partial charge in [-0.3, -0.25) is 0 Å². The Morgan fingerprint density at radius 2 is 1.62 bits per heavy atom. The van der Waals surface area contributed by atoms with E-state index in [0.717, 1.165) is 18.2 Å². The second-order valence-electron chi connectivity index (χ2n) is 4.17. The summed E-state index contributed by atoms with van der Waals surface area (Å²) in [4.78, 5) is 10.8. The Balaban J connectivity index is 2.28. The van der Waals surface area contributed by atoms with Gasteiger partial charge in [0.05, 0.1) is 11.3 Å². The molecular weight excluding hydrogens is 290 g/mol. The third-order valence-electron chi connectivity index (χ3n) is 2.80. The molecular formula is C14H9F4NO2. The summed E-state index contributed by atoms with van der Waals surface area (Å²) in [5.41, 5.74) is -1.44. The van der Waals surface area contributed by atoms with E-state index in [1.807, 2.05) is 0 Å². The number of carbonyl (C=O) groups is 1. The normalized spacial score (nSPS) is 10.5. The van der Waals surface area contributed by atoms with Crippen LogP contribution in [0.15, 0.2) is 30.3 Å². The molecule has 0 heterocycles. The molecule has 0 amide bonds. The Bertz CT molecular complexity index is 683. The van der Waals surface area contributed by atoms with E-state index < -0.39 is 41.3 Å². The van der Waals surface area contributed by atoms with Crippen LogP contribution in [0.2, 0.25) is 0 Å². The smallest absolute Gasteiger partial charge is 0.338 e. The lowest BCUT2D eigenvalue weighted by Gasteiger charge is -2.10. The van der Waals surface area contributed by atoms with Crippen LogP contribution in [0.3, 0.4) is 0 Å². The number of carboxylic acid groups (broad SMARTS) is 1. The first-order chi connectivity index (χ1) is 9.90. The minimum atomic E-state index is -1.58. The van der Waals surface area contributed by atoms with Crippen LogP contribution in [0.5, 0.6) is 0 Å².